The Morgan fingerprint density at radius 3 is 2.65 bits per heavy atom. The molecule has 5 aliphatic rings. The summed E-state index contributed by atoms with van der Waals surface area (Å²) in [5, 5.41) is 2.51. The number of aliphatic imine (C=N–C) groups is 1. The van der Waals surface area contributed by atoms with Gasteiger partial charge in [-0.05, 0) is 91.1 Å². The first-order valence-electron chi connectivity index (χ1n) is 22.1. The van der Waals surface area contributed by atoms with Gasteiger partial charge < -0.3 is 23.7 Å². The Hall–Kier alpha value is -5.50. The summed E-state index contributed by atoms with van der Waals surface area (Å²) in [6, 6.07) is 17.9. The Morgan fingerprint density at radius 2 is 1.87 bits per heavy atom. The van der Waals surface area contributed by atoms with Gasteiger partial charge in [0.05, 0.1) is 36.1 Å². The van der Waals surface area contributed by atoms with Crippen LogP contribution in [0.15, 0.2) is 78.4 Å². The highest BCUT2D eigenvalue weighted by atomic mass is 16.5. The van der Waals surface area contributed by atoms with Gasteiger partial charge in [0.15, 0.2) is 0 Å². The molecule has 62 heavy (non-hydrogen) atoms. The van der Waals surface area contributed by atoms with Gasteiger partial charge in [0.25, 0.3) is 11.8 Å². The van der Waals surface area contributed by atoms with E-state index in [0.717, 1.165) is 63.1 Å². The van der Waals surface area contributed by atoms with Crippen molar-refractivity contribution in [1.82, 2.24) is 24.9 Å². The molecule has 6 atom stereocenters. The summed E-state index contributed by atoms with van der Waals surface area (Å²) in [6.07, 6.45) is 4.73. The number of cyclic esters (lactones) is 1. The van der Waals surface area contributed by atoms with Crippen LogP contribution in [0, 0.1) is 17.3 Å². The minimum absolute atomic E-state index is 0.0104. The van der Waals surface area contributed by atoms with Crippen molar-refractivity contribution in [3.63, 3.8) is 0 Å². The zero-order valence-electron chi connectivity index (χ0n) is 36.3. The van der Waals surface area contributed by atoms with Crippen molar-refractivity contribution >= 4 is 40.3 Å². The van der Waals surface area contributed by atoms with E-state index in [9.17, 15) is 19.2 Å². The molecule has 2 saturated heterocycles. The predicted molar refractivity (Wildman–Crippen MR) is 235 cm³/mol. The van der Waals surface area contributed by atoms with E-state index in [1.54, 1.807) is 12.0 Å². The number of pyridine rings is 1. The van der Waals surface area contributed by atoms with Gasteiger partial charge in [0.2, 0.25) is 5.91 Å². The molecule has 324 valence electrons. The van der Waals surface area contributed by atoms with Crippen LogP contribution >= 0.6 is 0 Å². The van der Waals surface area contributed by atoms with Crippen molar-refractivity contribution in [3.8, 4) is 22.4 Å². The number of nitrogens with zero attached hydrogens (tertiary/aromatic N) is 5. The molecule has 5 heterocycles. The standard InChI is InChI=1S/C49H56N6O7/c1-7-39(56)53-25-32(26-53)62-38-19-16-28(3)40(38)46(57)51-36-23-29-12-9-13-30(22-29)31-17-18-37-34(24-31)41-42(45(60-6)43-33(14-10-20-50-43)44(41)54(37)8-2)49(4,5)27-61-48(59)35-15-11-21-55(52-35)47(36)58/h7,9-10,12-14,17-18,20,22,24,28,32,35,38,40,42,45,52H,1,8,11,15-16,19,21,23,25-27H2,2-6H3/t28-,35-,38+,40+,42?,45-/m0/s1. The number of ether oxygens (including phenoxy) is 3. The van der Waals surface area contributed by atoms with Gasteiger partial charge in [-0.1, -0.05) is 57.7 Å². The molecule has 3 amide bonds. The van der Waals surface area contributed by atoms with Gasteiger partial charge in [-0.15, -0.1) is 0 Å². The van der Waals surface area contributed by atoms with Crippen LogP contribution in [0.5, 0.6) is 0 Å². The van der Waals surface area contributed by atoms with E-state index in [1.165, 1.54) is 11.1 Å². The second-order valence-electron chi connectivity index (χ2n) is 18.3. The van der Waals surface area contributed by atoms with Crippen LogP contribution in [0.3, 0.4) is 0 Å². The smallest absolute Gasteiger partial charge is 0.324 e. The van der Waals surface area contributed by atoms with Crippen LogP contribution < -0.4 is 5.43 Å². The number of carbonyl (C=O) groups is 4. The zero-order valence-corrected chi connectivity index (χ0v) is 36.3. The molecule has 6 bridgehead atoms. The van der Waals surface area contributed by atoms with Crippen LogP contribution in [0.1, 0.15) is 82.2 Å². The molecule has 1 saturated carbocycles. The van der Waals surface area contributed by atoms with Crippen molar-refractivity contribution in [3.05, 3.63) is 90.3 Å². The summed E-state index contributed by atoms with van der Waals surface area (Å²) >= 11 is 0. The number of hydrogen-bond donors (Lipinski definition) is 1. The summed E-state index contributed by atoms with van der Waals surface area (Å²) < 4.78 is 21.4. The molecule has 3 aliphatic heterocycles. The number of amides is 3. The Kier molecular flexibility index (Phi) is 11.2. The normalized spacial score (nSPS) is 26.8. The fraction of sp³-hybridized carbons (Fsp3) is 0.469. The third kappa shape index (κ3) is 7.37. The molecule has 9 rings (SSSR count). The Morgan fingerprint density at radius 1 is 1.06 bits per heavy atom. The summed E-state index contributed by atoms with van der Waals surface area (Å²) in [7, 11) is 1.72. The minimum atomic E-state index is -0.780. The summed E-state index contributed by atoms with van der Waals surface area (Å²) in [4.78, 5) is 66.3. The number of benzene rings is 2. The number of esters is 1. The fourth-order valence-electron chi connectivity index (χ4n) is 10.6. The number of aryl methyl sites for hydroxylation is 1. The van der Waals surface area contributed by atoms with Crippen LogP contribution in [0.2, 0.25) is 0 Å². The van der Waals surface area contributed by atoms with Crippen LogP contribution in [0.4, 0.5) is 0 Å². The van der Waals surface area contributed by atoms with Gasteiger partial charge in [0.1, 0.15) is 17.9 Å². The van der Waals surface area contributed by atoms with Crippen molar-refractivity contribution in [2.24, 2.45) is 22.2 Å². The summed E-state index contributed by atoms with van der Waals surface area (Å²) in [5.41, 5.74) is 10.6. The molecular formula is C49H56N6O7. The average Bonchev–Trinajstić information content (AvgIpc) is 3.81. The number of hydrogen-bond acceptors (Lipinski definition) is 9. The van der Waals surface area contributed by atoms with E-state index in [0.29, 0.717) is 38.9 Å². The van der Waals surface area contributed by atoms with E-state index in [2.05, 4.69) is 78.7 Å². The summed E-state index contributed by atoms with van der Waals surface area (Å²) in [5.74, 6) is -2.24. The monoisotopic (exact) mass is 840 g/mol. The number of fused-ring (bicyclic) bond motifs is 8. The lowest BCUT2D eigenvalue weighted by Gasteiger charge is -2.42. The molecule has 1 N–H and O–H groups in total. The highest BCUT2D eigenvalue weighted by Crippen LogP contribution is 2.57. The highest BCUT2D eigenvalue weighted by Gasteiger charge is 2.48. The first-order valence-corrected chi connectivity index (χ1v) is 22.1. The molecule has 2 aromatic carbocycles. The Bertz CT molecular complexity index is 2480. The van der Waals surface area contributed by atoms with Crippen LogP contribution in [-0.4, -0.2) is 100 Å². The Balaban J connectivity index is 1.13. The third-order valence-corrected chi connectivity index (χ3v) is 13.8. The maximum Gasteiger partial charge on any atom is 0.324 e. The molecule has 0 radical (unpaired) electrons. The Labute approximate surface area is 362 Å². The topological polar surface area (TPSA) is 145 Å². The van der Waals surface area contributed by atoms with Gasteiger partial charge in [-0.3, -0.25) is 29.2 Å². The number of likely N-dealkylation sites (tertiary alicyclic amines) is 1. The molecule has 2 aromatic heterocycles. The number of methoxy groups -OCH3 is 1. The van der Waals surface area contributed by atoms with E-state index in [-0.39, 0.29) is 48.7 Å². The van der Waals surface area contributed by atoms with E-state index in [1.807, 2.05) is 31.3 Å². The number of aromatic nitrogens is 2. The minimum Gasteiger partial charge on any atom is -0.464 e. The van der Waals surface area contributed by atoms with Crippen molar-refractivity contribution in [2.45, 2.75) is 96.6 Å². The summed E-state index contributed by atoms with van der Waals surface area (Å²) in [6.45, 7) is 14.0. The van der Waals surface area contributed by atoms with Crippen LogP contribution in [-0.2, 0) is 46.4 Å². The van der Waals surface area contributed by atoms with Crippen molar-refractivity contribution < 1.29 is 33.4 Å². The maximum atomic E-state index is 14.6. The maximum absolute atomic E-state index is 14.6. The molecule has 4 aromatic rings. The second-order valence-corrected chi connectivity index (χ2v) is 18.3. The number of nitrogens with one attached hydrogen (secondary N) is 1. The first kappa shape index (κ1) is 41.8. The van der Waals surface area contributed by atoms with E-state index < -0.39 is 41.3 Å². The lowest BCUT2D eigenvalue weighted by Crippen LogP contribution is -2.57. The molecule has 2 aliphatic carbocycles. The van der Waals surface area contributed by atoms with Gasteiger partial charge in [-0.2, -0.15) is 0 Å². The van der Waals surface area contributed by atoms with Crippen molar-refractivity contribution in [2.75, 3.05) is 33.4 Å². The van der Waals surface area contributed by atoms with E-state index >= 15 is 0 Å². The molecule has 1 unspecified atom stereocenters. The lowest BCUT2D eigenvalue weighted by molar-refractivity contribution is -0.155. The second kappa shape index (κ2) is 16.7. The number of rotatable bonds is 6. The molecule has 13 heteroatoms. The van der Waals surface area contributed by atoms with Gasteiger partial charge in [0, 0.05) is 73.7 Å². The SMILES string of the molecule is C=CC(=O)N1CC(O[C@@H]2CC[C@H](C)[C@H]2C(=O)N=C2Cc3cccc(c3)-c3ccc4c(c3)c3c(n4CC)-c4cccnc4[C@@H](OC)C3C(C)(C)COC(=O)[C@@H]3CCCN(N3)C2=O)C1. The van der Waals surface area contributed by atoms with E-state index in [4.69, 9.17) is 19.2 Å². The number of carbonyl (C=O) groups excluding carboxylic acids is 4. The lowest BCUT2D eigenvalue weighted by atomic mass is 9.67. The third-order valence-electron chi connectivity index (χ3n) is 13.8. The average molecular weight is 841 g/mol. The highest BCUT2D eigenvalue weighted by molar-refractivity contribution is 6.40. The predicted octanol–water partition coefficient (Wildman–Crippen LogP) is 6.59. The molecule has 0 spiro atoms. The number of hydrazine groups is 1. The van der Waals surface area contributed by atoms with Crippen LogP contribution in [0.25, 0.3) is 33.3 Å². The van der Waals surface area contributed by atoms with Crippen molar-refractivity contribution in [1.29, 1.82) is 0 Å². The molecular weight excluding hydrogens is 785 g/mol. The quantitative estimate of drug-likeness (QED) is 0.168. The molecule has 3 fully saturated rings. The largest absolute Gasteiger partial charge is 0.464 e. The van der Waals surface area contributed by atoms with Gasteiger partial charge in [-0.25, -0.2) is 10.4 Å². The zero-order chi connectivity index (χ0) is 43.4. The first-order chi connectivity index (χ1) is 29.9. The molecule has 13 nitrogen and oxygen atoms in total. The van der Waals surface area contributed by atoms with Gasteiger partial charge >= 0.3 is 5.97 Å². The fourth-order valence-corrected chi connectivity index (χ4v) is 10.6.